The number of carbonyl (C=O) groups excluding carboxylic acids is 2. The first-order valence-corrected chi connectivity index (χ1v) is 7.23. The average molecular weight is 265 g/mol. The molecule has 0 N–H and O–H groups in total. The number of hydrogen-bond donors (Lipinski definition) is 0. The first-order valence-electron chi connectivity index (χ1n) is 5.14. The highest BCUT2D eigenvalue weighted by atomic mass is 32.2. The second-order valence-corrected chi connectivity index (χ2v) is 6.87. The van der Waals surface area contributed by atoms with Crippen LogP contribution in [0.2, 0.25) is 0 Å². The molecule has 6 nitrogen and oxygen atoms in total. The topological polar surface area (TPSA) is 82.0 Å². The third-order valence-electron chi connectivity index (χ3n) is 1.35. The SMILES string of the molecule is CCOC(=O)CS(C)(=O)=NC(=O)OC(C)(C)C. The van der Waals surface area contributed by atoms with E-state index in [1.165, 1.54) is 6.26 Å². The summed E-state index contributed by atoms with van der Waals surface area (Å²) >= 11 is 0. The van der Waals surface area contributed by atoms with Crippen molar-refractivity contribution in [1.82, 2.24) is 0 Å². The zero-order chi connectivity index (χ0) is 13.7. The average Bonchev–Trinajstić information content (AvgIpc) is 1.96. The lowest BCUT2D eigenvalue weighted by Crippen LogP contribution is -2.24. The van der Waals surface area contributed by atoms with Crippen LogP contribution in [0.4, 0.5) is 4.79 Å². The Labute approximate surface area is 102 Å². The molecule has 0 rings (SSSR count). The van der Waals surface area contributed by atoms with Crippen LogP contribution in [0, 0.1) is 0 Å². The van der Waals surface area contributed by atoms with Crippen molar-refractivity contribution in [3.63, 3.8) is 0 Å². The van der Waals surface area contributed by atoms with Gasteiger partial charge < -0.3 is 9.47 Å². The Morgan fingerprint density at radius 3 is 2.24 bits per heavy atom. The molecule has 0 radical (unpaired) electrons. The van der Waals surface area contributed by atoms with E-state index in [4.69, 9.17) is 4.74 Å². The minimum absolute atomic E-state index is 0.195. The third kappa shape index (κ3) is 8.67. The number of rotatable bonds is 3. The van der Waals surface area contributed by atoms with Gasteiger partial charge in [-0.3, -0.25) is 4.79 Å². The van der Waals surface area contributed by atoms with Crippen LogP contribution in [0.15, 0.2) is 4.36 Å². The summed E-state index contributed by atoms with van der Waals surface area (Å²) in [6.07, 6.45) is 0.280. The maximum Gasteiger partial charge on any atom is 0.442 e. The molecule has 0 aromatic carbocycles. The van der Waals surface area contributed by atoms with Gasteiger partial charge in [-0.05, 0) is 27.7 Å². The van der Waals surface area contributed by atoms with E-state index in [9.17, 15) is 13.8 Å². The summed E-state index contributed by atoms with van der Waals surface area (Å²) in [7, 11) is -2.95. The van der Waals surface area contributed by atoms with Crippen LogP contribution in [-0.4, -0.2) is 40.5 Å². The fourth-order valence-electron chi connectivity index (χ4n) is 0.892. The zero-order valence-electron chi connectivity index (χ0n) is 10.8. The molecule has 0 aliphatic carbocycles. The molecule has 100 valence electrons. The number of amides is 1. The highest BCUT2D eigenvalue weighted by molar-refractivity contribution is 7.93. The van der Waals surface area contributed by atoms with Crippen molar-refractivity contribution in [2.75, 3.05) is 18.6 Å². The molecule has 0 saturated heterocycles. The summed E-state index contributed by atoms with van der Waals surface area (Å²) in [6.45, 7) is 6.84. The van der Waals surface area contributed by atoms with Crippen molar-refractivity contribution >= 4 is 21.8 Å². The van der Waals surface area contributed by atoms with Gasteiger partial charge in [-0.15, -0.1) is 4.36 Å². The Morgan fingerprint density at radius 2 is 1.82 bits per heavy atom. The van der Waals surface area contributed by atoms with Gasteiger partial charge in [-0.25, -0.2) is 9.00 Å². The number of nitrogens with zero attached hydrogens (tertiary/aromatic N) is 1. The Bertz CT molecular complexity index is 401. The summed E-state index contributed by atoms with van der Waals surface area (Å²) in [4.78, 5) is 22.4. The van der Waals surface area contributed by atoms with Gasteiger partial charge in [0, 0.05) is 6.26 Å². The van der Waals surface area contributed by atoms with Crippen LogP contribution in [0.1, 0.15) is 27.7 Å². The number of carbonyl (C=O) groups is 2. The minimum atomic E-state index is -2.95. The molecule has 0 spiro atoms. The molecule has 0 aromatic rings. The van der Waals surface area contributed by atoms with E-state index in [-0.39, 0.29) is 6.61 Å². The molecule has 0 aliphatic heterocycles. The molecule has 1 unspecified atom stereocenters. The lowest BCUT2D eigenvalue weighted by Gasteiger charge is -2.17. The van der Waals surface area contributed by atoms with Gasteiger partial charge in [0.25, 0.3) is 0 Å². The second-order valence-electron chi connectivity index (χ2n) is 4.48. The zero-order valence-corrected chi connectivity index (χ0v) is 11.6. The van der Waals surface area contributed by atoms with Crippen LogP contribution in [0.25, 0.3) is 0 Å². The number of ether oxygens (including phenoxy) is 2. The second kappa shape index (κ2) is 6.00. The van der Waals surface area contributed by atoms with Crippen molar-refractivity contribution < 1.29 is 23.3 Å². The molecule has 7 heteroatoms. The van der Waals surface area contributed by atoms with Crippen molar-refractivity contribution in [2.24, 2.45) is 4.36 Å². The van der Waals surface area contributed by atoms with E-state index in [1.807, 2.05) is 0 Å². The summed E-state index contributed by atoms with van der Waals surface area (Å²) in [5.74, 6) is -1.06. The van der Waals surface area contributed by atoms with Gasteiger partial charge in [0.1, 0.15) is 11.4 Å². The summed E-state index contributed by atoms with van der Waals surface area (Å²) in [6, 6.07) is 0. The van der Waals surface area contributed by atoms with Crippen LogP contribution >= 0.6 is 0 Å². The van der Waals surface area contributed by atoms with E-state index < -0.39 is 33.1 Å². The lowest BCUT2D eigenvalue weighted by atomic mass is 10.2. The Hall–Kier alpha value is -1.11. The van der Waals surface area contributed by atoms with E-state index in [0.717, 1.165) is 0 Å². The number of hydrogen-bond acceptors (Lipinski definition) is 5. The van der Waals surface area contributed by atoms with Crippen molar-refractivity contribution in [1.29, 1.82) is 0 Å². The predicted molar refractivity (Wildman–Crippen MR) is 64.2 cm³/mol. The minimum Gasteiger partial charge on any atom is -0.465 e. The van der Waals surface area contributed by atoms with Gasteiger partial charge in [0.05, 0.1) is 16.3 Å². The molecule has 0 aromatic heterocycles. The van der Waals surface area contributed by atoms with Crippen LogP contribution in [0.3, 0.4) is 0 Å². The molecule has 1 atom stereocenters. The molecule has 0 bridgehead atoms. The van der Waals surface area contributed by atoms with Crippen molar-refractivity contribution in [2.45, 2.75) is 33.3 Å². The first-order chi connectivity index (χ1) is 7.56. The molecule has 0 aliphatic rings. The fraction of sp³-hybridized carbons (Fsp3) is 0.800. The maximum absolute atomic E-state index is 11.8. The van der Waals surface area contributed by atoms with Gasteiger partial charge in [0.2, 0.25) is 0 Å². The van der Waals surface area contributed by atoms with E-state index >= 15 is 0 Å². The van der Waals surface area contributed by atoms with Gasteiger partial charge >= 0.3 is 12.1 Å². The van der Waals surface area contributed by atoms with Crippen LogP contribution in [0.5, 0.6) is 0 Å². The first kappa shape index (κ1) is 15.9. The summed E-state index contributed by atoms with van der Waals surface area (Å²) in [5, 5.41) is 0. The Morgan fingerprint density at radius 1 is 1.29 bits per heavy atom. The van der Waals surface area contributed by atoms with Gasteiger partial charge in [-0.1, -0.05) is 0 Å². The number of esters is 1. The van der Waals surface area contributed by atoms with Crippen molar-refractivity contribution in [3.8, 4) is 0 Å². The monoisotopic (exact) mass is 265 g/mol. The lowest BCUT2D eigenvalue weighted by molar-refractivity contribution is -0.139. The van der Waals surface area contributed by atoms with Gasteiger partial charge in [-0.2, -0.15) is 0 Å². The Kier molecular flexibility index (Phi) is 5.60. The Balaban J connectivity index is 4.65. The van der Waals surface area contributed by atoms with Crippen LogP contribution in [-0.2, 0) is 24.0 Å². The molecule has 1 amide bonds. The van der Waals surface area contributed by atoms with Gasteiger partial charge in [0.15, 0.2) is 0 Å². The standard InChI is InChI=1S/C10H19NO5S/c1-6-15-8(12)7-17(5,14)11-9(13)16-10(2,3)4/h6-7H2,1-5H3. The largest absolute Gasteiger partial charge is 0.465 e. The predicted octanol–water partition coefficient (Wildman–Crippen LogP) is 1.58. The van der Waals surface area contributed by atoms with E-state index in [1.54, 1.807) is 27.7 Å². The van der Waals surface area contributed by atoms with Crippen molar-refractivity contribution in [3.05, 3.63) is 0 Å². The molecule has 17 heavy (non-hydrogen) atoms. The molecular formula is C10H19NO5S. The fourth-order valence-corrected chi connectivity index (χ4v) is 1.83. The highest BCUT2D eigenvalue weighted by Gasteiger charge is 2.18. The maximum atomic E-state index is 11.8. The summed E-state index contributed by atoms with van der Waals surface area (Å²) in [5.41, 5.74) is -0.708. The molecular weight excluding hydrogens is 246 g/mol. The molecule has 0 heterocycles. The smallest absolute Gasteiger partial charge is 0.442 e. The normalized spacial score (nSPS) is 14.6. The van der Waals surface area contributed by atoms with E-state index in [2.05, 4.69) is 9.10 Å². The quantitative estimate of drug-likeness (QED) is 0.723. The molecule has 0 fully saturated rings. The van der Waals surface area contributed by atoms with E-state index in [0.29, 0.717) is 0 Å². The third-order valence-corrected chi connectivity index (χ3v) is 2.66. The molecule has 0 saturated carbocycles. The highest BCUT2D eigenvalue weighted by Crippen LogP contribution is 2.09. The summed E-state index contributed by atoms with van der Waals surface area (Å²) < 4.78 is 24.7. The van der Waals surface area contributed by atoms with Crippen LogP contribution < -0.4 is 0 Å².